The van der Waals surface area contributed by atoms with Crippen LogP contribution in [-0.4, -0.2) is 148 Å². The molecule has 17 heteroatoms. The van der Waals surface area contributed by atoms with Crippen LogP contribution in [0.15, 0.2) is 54.6 Å². The molecule has 7 N–H and O–H groups in total. The molecule has 6 rings (SSSR count). The molecule has 16 nitrogen and oxygen atoms in total. The van der Waals surface area contributed by atoms with Crippen LogP contribution >= 0.6 is 0 Å². The van der Waals surface area contributed by atoms with Gasteiger partial charge in [0.1, 0.15) is 54.9 Å². The molecule has 3 saturated heterocycles. The number of aliphatic hydroxyl groups is 6. The normalized spacial score (nSPS) is 35.5. The largest absolute Gasteiger partial charge is 1.00 e. The van der Waals surface area contributed by atoms with Crippen molar-refractivity contribution in [3.63, 3.8) is 0 Å². The third-order valence-electron chi connectivity index (χ3n) is 11.3. The van der Waals surface area contributed by atoms with Gasteiger partial charge in [0.2, 0.25) is 0 Å². The van der Waals surface area contributed by atoms with Crippen LogP contribution in [-0.2, 0) is 33.2 Å². The second-order valence-electron chi connectivity index (χ2n) is 15.2. The van der Waals surface area contributed by atoms with Crippen LogP contribution in [0.4, 0.5) is 0 Å². The Balaban J connectivity index is 0.00000620. The van der Waals surface area contributed by atoms with E-state index >= 15 is 0 Å². The standard InChI is InChI=1S/C40H55NO15.Na/c1-21-30(43)32(45)33(46)39(52-21)56-35-26(16-17-51-28(35)19-41-37(48)25-14-12-24(13-15-25)23-10-6-3-7-11-23)54-40-34(47)36(31(44)29(20-42)55-40)53-27(38(49)50)18-22-8-4-2-5-9-22;/h3,6-7,10-15,21-22,26-36,39-40,42-47H,2,4-5,8-9,16-20H2,1H3,(H,41,48)(H,49,50);/q;+1/p-1/t21-,26+,27+,28?,29+,30+,31-,32-,33+,34-,35-,36+,39-,40+;/m1./s1. The van der Waals surface area contributed by atoms with Crippen molar-refractivity contribution in [3.05, 3.63) is 60.2 Å². The molecule has 14 atom stereocenters. The molecule has 3 aliphatic heterocycles. The average Bonchev–Trinajstić information content (AvgIpc) is 3.21. The van der Waals surface area contributed by atoms with Crippen LogP contribution in [0, 0.1) is 5.92 Å². The summed E-state index contributed by atoms with van der Waals surface area (Å²) in [7, 11) is 0. The number of aliphatic hydroxyl groups excluding tert-OH is 6. The van der Waals surface area contributed by atoms with Crippen molar-refractivity contribution in [1.29, 1.82) is 0 Å². The van der Waals surface area contributed by atoms with Gasteiger partial charge in [-0.25, -0.2) is 0 Å². The quantitative estimate of drug-likeness (QED) is 0.0912. The van der Waals surface area contributed by atoms with E-state index in [4.69, 9.17) is 28.4 Å². The first-order valence-electron chi connectivity index (χ1n) is 19.5. The van der Waals surface area contributed by atoms with Gasteiger partial charge in [-0.1, -0.05) is 74.6 Å². The minimum Gasteiger partial charge on any atom is -0.547 e. The molecule has 4 fully saturated rings. The first-order chi connectivity index (χ1) is 26.9. The van der Waals surface area contributed by atoms with Crippen molar-refractivity contribution < 1.29 is 103 Å². The van der Waals surface area contributed by atoms with Gasteiger partial charge in [0.15, 0.2) is 12.6 Å². The van der Waals surface area contributed by atoms with E-state index in [1.165, 1.54) is 6.92 Å². The second-order valence-corrected chi connectivity index (χ2v) is 15.2. The summed E-state index contributed by atoms with van der Waals surface area (Å²) in [5.41, 5.74) is 2.29. The smallest absolute Gasteiger partial charge is 0.547 e. The number of carbonyl (C=O) groups excluding carboxylic acids is 2. The molecule has 1 saturated carbocycles. The van der Waals surface area contributed by atoms with Crippen LogP contribution in [0.1, 0.15) is 62.2 Å². The van der Waals surface area contributed by atoms with Gasteiger partial charge in [-0.3, -0.25) is 4.79 Å². The van der Waals surface area contributed by atoms with Gasteiger partial charge in [0.05, 0.1) is 30.9 Å². The Morgan fingerprint density at radius 1 is 0.789 bits per heavy atom. The number of rotatable bonds is 14. The summed E-state index contributed by atoms with van der Waals surface area (Å²) in [6, 6.07) is 16.7. The Labute approximate surface area is 353 Å². The molecule has 57 heavy (non-hydrogen) atoms. The third-order valence-corrected chi connectivity index (χ3v) is 11.3. The Morgan fingerprint density at radius 3 is 2.12 bits per heavy atom. The van der Waals surface area contributed by atoms with E-state index in [0.717, 1.165) is 43.2 Å². The molecule has 0 bridgehead atoms. The third kappa shape index (κ3) is 11.4. The van der Waals surface area contributed by atoms with Gasteiger partial charge in [0.25, 0.3) is 5.91 Å². The van der Waals surface area contributed by atoms with E-state index in [9.17, 15) is 45.3 Å². The first-order valence-corrected chi connectivity index (χ1v) is 19.5. The number of hydrogen-bond acceptors (Lipinski definition) is 15. The maximum atomic E-state index is 13.3. The molecular formula is C40H54NNaO15. The zero-order chi connectivity index (χ0) is 39.9. The van der Waals surface area contributed by atoms with Crippen LogP contribution in [0.2, 0.25) is 0 Å². The summed E-state index contributed by atoms with van der Waals surface area (Å²) in [4.78, 5) is 25.5. The van der Waals surface area contributed by atoms with Crippen molar-refractivity contribution in [2.45, 2.75) is 138 Å². The molecule has 1 unspecified atom stereocenters. The van der Waals surface area contributed by atoms with E-state index in [-0.39, 0.29) is 61.5 Å². The van der Waals surface area contributed by atoms with Gasteiger partial charge in [-0.05, 0) is 48.9 Å². The summed E-state index contributed by atoms with van der Waals surface area (Å²) < 4.78 is 35.9. The van der Waals surface area contributed by atoms with Crippen molar-refractivity contribution in [2.75, 3.05) is 19.8 Å². The number of benzene rings is 2. The fourth-order valence-corrected chi connectivity index (χ4v) is 7.97. The number of hydrogen-bond donors (Lipinski definition) is 7. The second kappa shape index (κ2) is 21.4. The van der Waals surface area contributed by atoms with Crippen molar-refractivity contribution in [1.82, 2.24) is 5.32 Å². The number of amides is 1. The minimum absolute atomic E-state index is 0. The first kappa shape index (κ1) is 46.0. The van der Waals surface area contributed by atoms with Crippen molar-refractivity contribution in [3.8, 4) is 11.1 Å². The average molecular weight is 812 g/mol. The summed E-state index contributed by atoms with van der Waals surface area (Å²) in [5.74, 6) is -1.85. The monoisotopic (exact) mass is 811 g/mol. The number of aliphatic carboxylic acids is 1. The molecule has 0 spiro atoms. The zero-order valence-electron chi connectivity index (χ0n) is 32.3. The number of ether oxygens (including phenoxy) is 6. The fourth-order valence-electron chi connectivity index (χ4n) is 7.97. The maximum Gasteiger partial charge on any atom is 1.00 e. The van der Waals surface area contributed by atoms with Gasteiger partial charge >= 0.3 is 29.6 Å². The molecule has 4 aliphatic rings. The predicted octanol–water partition coefficient (Wildman–Crippen LogP) is -3.61. The summed E-state index contributed by atoms with van der Waals surface area (Å²) in [6.45, 7) is 0.718. The van der Waals surface area contributed by atoms with E-state index in [1.54, 1.807) is 12.1 Å². The summed E-state index contributed by atoms with van der Waals surface area (Å²) in [6.07, 6.45) is -14.8. The molecule has 1 amide bonds. The molecule has 3 heterocycles. The molecular weight excluding hydrogens is 757 g/mol. The van der Waals surface area contributed by atoms with Crippen LogP contribution < -0.4 is 40.0 Å². The van der Waals surface area contributed by atoms with Crippen LogP contribution in [0.5, 0.6) is 0 Å². The van der Waals surface area contributed by atoms with Gasteiger partial charge < -0.3 is 74.3 Å². The number of carboxylic acid groups (broad SMARTS) is 1. The number of carbonyl (C=O) groups is 2. The predicted molar refractivity (Wildman–Crippen MR) is 193 cm³/mol. The van der Waals surface area contributed by atoms with E-state index in [1.807, 2.05) is 42.5 Å². The van der Waals surface area contributed by atoms with Gasteiger partial charge in [-0.2, -0.15) is 0 Å². The Hall–Kier alpha value is -2.10. The fraction of sp³-hybridized carbons (Fsp3) is 0.650. The Morgan fingerprint density at radius 2 is 1.46 bits per heavy atom. The van der Waals surface area contributed by atoms with Crippen molar-refractivity contribution >= 4 is 11.9 Å². The van der Waals surface area contributed by atoms with Crippen LogP contribution in [0.25, 0.3) is 11.1 Å². The number of carboxylic acids is 1. The molecule has 0 radical (unpaired) electrons. The van der Waals surface area contributed by atoms with Crippen molar-refractivity contribution in [2.24, 2.45) is 5.92 Å². The molecule has 310 valence electrons. The molecule has 1 aliphatic carbocycles. The van der Waals surface area contributed by atoms with E-state index in [2.05, 4.69) is 5.32 Å². The van der Waals surface area contributed by atoms with E-state index in [0.29, 0.717) is 5.56 Å². The van der Waals surface area contributed by atoms with Gasteiger partial charge in [-0.15, -0.1) is 0 Å². The molecule has 2 aromatic rings. The summed E-state index contributed by atoms with van der Waals surface area (Å²) in [5, 5.41) is 79.4. The maximum absolute atomic E-state index is 13.3. The summed E-state index contributed by atoms with van der Waals surface area (Å²) >= 11 is 0. The van der Waals surface area contributed by atoms with E-state index < -0.39 is 104 Å². The SMILES string of the molecule is C[C@H]1O[C@H](O[C@H]2C(CNC(=O)c3ccc(-c4ccccc4)cc3)OCC[C@@H]2O[C@H]2O[C@@H](CO)[C@@H](O)[C@H](O[C@@H](CC3CCCCC3)C(=O)[O-])[C@H]2O)[C@@H](O)[C@H](O)[C@H]1O.[Na+]. The van der Waals surface area contributed by atoms with Crippen LogP contribution in [0.3, 0.4) is 0 Å². The Bertz CT molecular complexity index is 1550. The topological polar surface area (TPSA) is 246 Å². The molecule has 2 aromatic carbocycles. The Kier molecular flexibility index (Phi) is 17.3. The number of nitrogens with one attached hydrogen (secondary N) is 1. The molecule has 0 aromatic heterocycles. The minimum atomic E-state index is -1.75. The van der Waals surface area contributed by atoms with Gasteiger partial charge in [0, 0.05) is 18.7 Å². The zero-order valence-corrected chi connectivity index (χ0v) is 34.3.